The van der Waals surface area contributed by atoms with E-state index in [0.29, 0.717) is 42.3 Å². The van der Waals surface area contributed by atoms with Crippen LogP contribution in [-0.4, -0.2) is 120 Å². The van der Waals surface area contributed by atoms with Crippen LogP contribution in [0.15, 0.2) is 103 Å². The Morgan fingerprint density at radius 3 is 2.31 bits per heavy atom. The Hall–Kier alpha value is -7.47. The number of rotatable bonds is 8. The summed E-state index contributed by atoms with van der Waals surface area (Å²) in [5, 5.41) is 41.4. The summed E-state index contributed by atoms with van der Waals surface area (Å²) in [6.45, 7) is 6.30. The zero-order chi connectivity index (χ0) is 47.2. The first kappa shape index (κ1) is 46.1. The summed E-state index contributed by atoms with van der Waals surface area (Å²) in [6.07, 6.45) is 4.33. The van der Waals surface area contributed by atoms with Gasteiger partial charge in [-0.1, -0.05) is 97.1 Å². The van der Waals surface area contributed by atoms with Gasteiger partial charge in [0, 0.05) is 49.9 Å². The average molecular weight is 910 g/mol. The maximum atomic E-state index is 14.9. The molecule has 0 radical (unpaired) electrons. The minimum Gasteiger partial charge on any atom is -0.494 e. The number of benzene rings is 4. The van der Waals surface area contributed by atoms with Crippen LogP contribution in [0.5, 0.6) is 5.75 Å². The van der Waals surface area contributed by atoms with Crippen molar-refractivity contribution in [1.29, 1.82) is 0 Å². The van der Waals surface area contributed by atoms with Crippen molar-refractivity contribution in [2.24, 2.45) is 5.92 Å². The monoisotopic (exact) mass is 909 g/mol. The number of amides is 4. The highest BCUT2D eigenvalue weighted by molar-refractivity contribution is 5.96. The molecule has 3 aliphatic rings. The number of hydrogen-bond acceptors (Lipinski definition) is 11. The number of carbonyl (C=O) groups excluding carboxylic acids is 4. The van der Waals surface area contributed by atoms with Crippen molar-refractivity contribution in [1.82, 2.24) is 56.2 Å². The van der Waals surface area contributed by atoms with Crippen molar-refractivity contribution >= 4 is 40.4 Å². The molecule has 3 aliphatic heterocycles. The third-order valence-electron chi connectivity index (χ3n) is 12.5. The number of carbonyl (C=O) groups is 5. The first-order valence-electron chi connectivity index (χ1n) is 22.6. The molecule has 6 unspecified atom stereocenters. The van der Waals surface area contributed by atoms with E-state index in [0.717, 1.165) is 27.5 Å². The standard InChI is InChI=1S/C49H55N11O7/c1-29(2)44(53-45(61)30(3)50-4)48(64)59-26-37-25-43(59)47(63)51-39(23-32-13-16-33-9-5-6-10-34(33)21-32)46(62)52-40(49(65)66)22-31-14-17-38(18-15-31)67-20-8-19-58-27-41(54-56-58)35-11-7-12-36(24-35)42-28-60(37)57-55-42/h5-7,9-18,21,24,27-30,37,39-40,43-44,50H,8,19-20,22-23,25-26H2,1-4H3,(H,51,63)(H,52,62)(H,53,61)(H,65,66). The number of aliphatic carboxylic acids is 1. The van der Waals surface area contributed by atoms with E-state index in [4.69, 9.17) is 4.74 Å². The Morgan fingerprint density at radius 1 is 0.851 bits per heavy atom. The van der Waals surface area contributed by atoms with Gasteiger partial charge in [-0.3, -0.25) is 23.9 Å². The van der Waals surface area contributed by atoms with Gasteiger partial charge in [-0.15, -0.1) is 10.2 Å². The number of likely N-dealkylation sites (tertiary alicyclic amines) is 1. The first-order valence-corrected chi connectivity index (χ1v) is 22.6. The smallest absolute Gasteiger partial charge is 0.326 e. The Labute approximate surface area is 387 Å². The maximum absolute atomic E-state index is 14.9. The van der Waals surface area contributed by atoms with E-state index in [1.165, 1.54) is 4.90 Å². The summed E-state index contributed by atoms with van der Waals surface area (Å²) in [7, 11) is 1.64. The lowest BCUT2D eigenvalue weighted by molar-refractivity contribution is -0.144. The van der Waals surface area contributed by atoms with E-state index >= 15 is 0 Å². The number of fused-ring (bicyclic) bond motifs is 12. The molecule has 1 fully saturated rings. The summed E-state index contributed by atoms with van der Waals surface area (Å²) in [6, 6.07) is 22.3. The van der Waals surface area contributed by atoms with Crippen LogP contribution in [0.1, 0.15) is 50.8 Å². The number of hydrogen-bond donors (Lipinski definition) is 5. The fourth-order valence-electron chi connectivity index (χ4n) is 8.49. The van der Waals surface area contributed by atoms with Crippen molar-refractivity contribution in [3.63, 3.8) is 0 Å². The molecule has 10 bridgehead atoms. The number of aromatic nitrogens is 6. The molecular formula is C49H55N11O7. The van der Waals surface area contributed by atoms with Gasteiger partial charge in [-0.25, -0.2) is 9.48 Å². The van der Waals surface area contributed by atoms with Crippen LogP contribution in [0.3, 0.4) is 0 Å². The second-order valence-corrected chi connectivity index (χ2v) is 17.6. The van der Waals surface area contributed by atoms with Gasteiger partial charge in [0.25, 0.3) is 0 Å². The van der Waals surface area contributed by atoms with Gasteiger partial charge in [0.15, 0.2) is 0 Å². The normalized spacial score (nSPS) is 20.0. The van der Waals surface area contributed by atoms with E-state index < -0.39 is 59.9 Å². The van der Waals surface area contributed by atoms with E-state index in [1.807, 2.05) is 86.8 Å². The number of aryl methyl sites for hydroxylation is 1. The van der Waals surface area contributed by atoms with Gasteiger partial charge in [0.2, 0.25) is 23.6 Å². The fraction of sp³-hybridized carbons (Fsp3) is 0.367. The largest absolute Gasteiger partial charge is 0.494 e. The average Bonchev–Trinajstić information content (AvgIpc) is 4.12. The van der Waals surface area contributed by atoms with Gasteiger partial charge in [-0.05, 0) is 60.0 Å². The predicted octanol–water partition coefficient (Wildman–Crippen LogP) is 3.57. The van der Waals surface area contributed by atoms with Crippen molar-refractivity contribution in [2.45, 2.75) is 89.3 Å². The Morgan fingerprint density at radius 2 is 1.58 bits per heavy atom. The molecule has 6 aromatic rings. The molecule has 18 heteroatoms. The summed E-state index contributed by atoms with van der Waals surface area (Å²) in [5.41, 5.74) is 4.17. The van der Waals surface area contributed by atoms with Crippen LogP contribution in [0.4, 0.5) is 0 Å². The van der Waals surface area contributed by atoms with Crippen LogP contribution in [0.25, 0.3) is 33.3 Å². The van der Waals surface area contributed by atoms with Crippen molar-refractivity contribution in [2.75, 3.05) is 20.2 Å². The molecule has 2 aromatic heterocycles. The summed E-state index contributed by atoms with van der Waals surface area (Å²) < 4.78 is 9.36. The lowest BCUT2D eigenvalue weighted by atomic mass is 9.99. The molecule has 5 heterocycles. The number of nitrogens with zero attached hydrogens (tertiary/aromatic N) is 7. The highest BCUT2D eigenvalue weighted by Crippen LogP contribution is 2.31. The predicted molar refractivity (Wildman–Crippen MR) is 248 cm³/mol. The molecule has 1 saturated heterocycles. The van der Waals surface area contributed by atoms with Crippen LogP contribution in [0, 0.1) is 5.92 Å². The highest BCUT2D eigenvalue weighted by Gasteiger charge is 2.45. The summed E-state index contributed by atoms with van der Waals surface area (Å²) in [5.74, 6) is -3.23. The molecule has 348 valence electrons. The SMILES string of the molecule is CNC(C)C(=O)NC(C(=O)N1CC2CC1C(=O)NC(Cc1ccc3ccccc3c1)C(=O)NC(C(=O)O)Cc1ccc(cc1)OCCCn1cc(nn1)-c1cccc(c1)-c1cn2nn1)C(C)C. The second-order valence-electron chi connectivity index (χ2n) is 17.6. The lowest BCUT2D eigenvalue weighted by Crippen LogP contribution is -2.59. The van der Waals surface area contributed by atoms with Crippen molar-refractivity contribution < 1.29 is 33.8 Å². The van der Waals surface area contributed by atoms with E-state index in [-0.39, 0.29) is 37.6 Å². The minimum absolute atomic E-state index is 0.0129. The molecule has 9 rings (SSSR count). The Balaban J connectivity index is 1.16. The number of ether oxygens (including phenoxy) is 1. The maximum Gasteiger partial charge on any atom is 0.326 e. The minimum atomic E-state index is -1.35. The molecule has 4 amide bonds. The van der Waals surface area contributed by atoms with Crippen LogP contribution in [-0.2, 0) is 43.4 Å². The highest BCUT2D eigenvalue weighted by atomic mass is 16.5. The molecule has 6 atom stereocenters. The quantitative estimate of drug-likeness (QED) is 0.148. The molecule has 5 N–H and O–H groups in total. The molecular weight excluding hydrogens is 855 g/mol. The summed E-state index contributed by atoms with van der Waals surface area (Å²) in [4.78, 5) is 71.4. The van der Waals surface area contributed by atoms with E-state index in [2.05, 4.69) is 41.9 Å². The van der Waals surface area contributed by atoms with Crippen LogP contribution < -0.4 is 26.0 Å². The zero-order valence-corrected chi connectivity index (χ0v) is 37.8. The number of likely N-dealkylation sites (N-methyl/N-ethyl adjacent to an activating group) is 1. The van der Waals surface area contributed by atoms with E-state index in [1.54, 1.807) is 53.8 Å². The van der Waals surface area contributed by atoms with Crippen LogP contribution >= 0.6 is 0 Å². The van der Waals surface area contributed by atoms with Crippen molar-refractivity contribution in [3.8, 4) is 28.3 Å². The van der Waals surface area contributed by atoms with Gasteiger partial charge in [-0.2, -0.15) is 0 Å². The van der Waals surface area contributed by atoms with Gasteiger partial charge in [0.1, 0.15) is 41.3 Å². The van der Waals surface area contributed by atoms with Gasteiger partial charge < -0.3 is 36.0 Å². The molecule has 0 aliphatic carbocycles. The molecule has 18 nitrogen and oxygen atoms in total. The first-order chi connectivity index (χ1) is 32.3. The van der Waals surface area contributed by atoms with E-state index in [9.17, 15) is 29.1 Å². The molecule has 67 heavy (non-hydrogen) atoms. The van der Waals surface area contributed by atoms with Gasteiger partial charge >= 0.3 is 5.97 Å². The fourth-order valence-corrected chi connectivity index (χ4v) is 8.49. The molecule has 0 saturated carbocycles. The third-order valence-corrected chi connectivity index (χ3v) is 12.5. The topological polar surface area (TPSA) is 228 Å². The Bertz CT molecular complexity index is 2750. The number of carboxylic acid groups (broad SMARTS) is 1. The summed E-state index contributed by atoms with van der Waals surface area (Å²) >= 11 is 0. The Kier molecular flexibility index (Phi) is 14.0. The number of carboxylic acids is 1. The third kappa shape index (κ3) is 10.8. The molecule has 0 spiro atoms. The number of nitrogens with one attached hydrogen (secondary N) is 4. The van der Waals surface area contributed by atoms with Gasteiger partial charge in [0.05, 0.1) is 31.1 Å². The second kappa shape index (κ2) is 20.4. The van der Waals surface area contributed by atoms with Crippen molar-refractivity contribution in [3.05, 3.63) is 115 Å². The zero-order valence-electron chi connectivity index (χ0n) is 37.8. The molecule has 4 aromatic carbocycles. The van der Waals surface area contributed by atoms with Crippen LogP contribution in [0.2, 0.25) is 0 Å². The lowest BCUT2D eigenvalue weighted by Gasteiger charge is -2.32.